The second-order valence-corrected chi connectivity index (χ2v) is 15.3. The van der Waals surface area contributed by atoms with Crippen molar-refractivity contribution in [2.24, 2.45) is 17.3 Å². The van der Waals surface area contributed by atoms with Gasteiger partial charge in [-0.25, -0.2) is 0 Å². The second kappa shape index (κ2) is 21.1. The number of nitrogens with one attached hydrogen (secondary N) is 2. The minimum Gasteiger partial charge on any atom is -0.507 e. The van der Waals surface area contributed by atoms with E-state index in [0.717, 1.165) is 5.57 Å². The molecule has 0 spiro atoms. The molecule has 0 saturated carbocycles. The Balaban J connectivity index is 1.60. The third kappa shape index (κ3) is 11.1. The molecule has 14 nitrogen and oxygen atoms in total. The molecule has 3 aliphatic heterocycles. The van der Waals surface area contributed by atoms with E-state index in [1.54, 1.807) is 88.5 Å². The third-order valence-electron chi connectivity index (χ3n) is 10.9. The Morgan fingerprint density at radius 3 is 2.32 bits per heavy atom. The van der Waals surface area contributed by atoms with Gasteiger partial charge in [0, 0.05) is 38.0 Å². The van der Waals surface area contributed by atoms with Crippen molar-refractivity contribution in [1.82, 2.24) is 10.6 Å². The van der Waals surface area contributed by atoms with Crippen LogP contribution in [0.5, 0.6) is 0 Å². The normalized spacial score (nSPS) is 32.8. The maximum absolute atomic E-state index is 13.3. The van der Waals surface area contributed by atoms with Crippen LogP contribution < -0.4 is 10.6 Å². The Bertz CT molecular complexity index is 1650. The highest BCUT2D eigenvalue weighted by molar-refractivity contribution is 6.21. The monoisotopic (exact) mass is 798 g/mol. The first-order valence-corrected chi connectivity index (χ1v) is 19.4. The number of hydrogen-bond donors (Lipinski definition) is 8. The summed E-state index contributed by atoms with van der Waals surface area (Å²) in [6.45, 7) is 12.5. The van der Waals surface area contributed by atoms with Gasteiger partial charge in [0.1, 0.15) is 35.7 Å². The van der Waals surface area contributed by atoms with Gasteiger partial charge in [0.15, 0.2) is 5.78 Å². The molecule has 14 heteroatoms. The number of piperidine rings is 1. The van der Waals surface area contributed by atoms with Crippen LogP contribution >= 0.6 is 0 Å². The number of carbonyl (C=O) groups excluding carboxylic acids is 3. The number of rotatable bonds is 16. The average molecular weight is 799 g/mol. The number of allylic oxidation sites excluding steroid dienone is 10. The van der Waals surface area contributed by atoms with Crippen molar-refractivity contribution in [2.75, 3.05) is 20.2 Å². The van der Waals surface area contributed by atoms with Crippen molar-refractivity contribution in [3.05, 3.63) is 95.4 Å². The predicted molar refractivity (Wildman–Crippen MR) is 214 cm³/mol. The molecule has 0 unspecified atom stereocenters. The van der Waals surface area contributed by atoms with E-state index in [9.17, 15) is 45.0 Å². The molecule has 57 heavy (non-hydrogen) atoms. The van der Waals surface area contributed by atoms with Gasteiger partial charge in [0.05, 0.1) is 30.3 Å². The molecule has 3 fully saturated rings. The molecule has 2 amide bonds. The van der Waals surface area contributed by atoms with Gasteiger partial charge in [-0.05, 0) is 38.3 Å². The second-order valence-electron chi connectivity index (χ2n) is 15.3. The summed E-state index contributed by atoms with van der Waals surface area (Å²) < 4.78 is 17.8. The fourth-order valence-electron chi connectivity index (χ4n) is 7.30. The van der Waals surface area contributed by atoms with E-state index in [-0.39, 0.29) is 37.3 Å². The van der Waals surface area contributed by atoms with E-state index in [2.05, 4.69) is 10.6 Å². The molecule has 8 N–H and O–H groups in total. The van der Waals surface area contributed by atoms with Crippen molar-refractivity contribution in [3.63, 3.8) is 0 Å². The first-order valence-electron chi connectivity index (χ1n) is 19.4. The number of hydrogen-bond acceptors (Lipinski definition) is 12. The van der Waals surface area contributed by atoms with Crippen LogP contribution in [0.4, 0.5) is 0 Å². The molecular formula is C43H62N2O12. The summed E-state index contributed by atoms with van der Waals surface area (Å²) in [4.78, 5) is 37.4. The molecule has 3 heterocycles. The Morgan fingerprint density at radius 1 is 1.00 bits per heavy atom. The van der Waals surface area contributed by atoms with E-state index in [1.165, 1.54) is 13.2 Å². The molecule has 0 radical (unpaired) electrons. The standard InChI is InChI=1S/C43H62N2O12/c1-9-11-13-21-31-42(6,7)38(50)39(51)43(54,57-31)28(10-2)40(52)44-23-17-16-19-26(4)36(55-8)27(5)37-35(49)34(48)30(56-37)20-15-12-14-18-25(3)33(47)32-29(46)22-24-45-41(32)53/h9,11-21,27-28,30-31,34-39,47-51,54H,10,22-24H2,1-8H3,(H,44,52)(H,45,53)/t27-,28-,30-,31+,34+,35+,36-,37+,38+,39-,43-/m1/s1. The molecular weight excluding hydrogens is 736 g/mol. The van der Waals surface area contributed by atoms with Gasteiger partial charge < -0.3 is 55.5 Å². The lowest BCUT2D eigenvalue weighted by molar-refractivity contribution is -0.359. The number of Topliss-reactive ketones (excluding diaryl/α,β-unsaturated/α-hetero) is 1. The molecule has 3 saturated heterocycles. The van der Waals surface area contributed by atoms with E-state index in [4.69, 9.17) is 14.2 Å². The first kappa shape index (κ1) is 47.4. The molecule has 3 rings (SSSR count). The average Bonchev–Trinajstić information content (AvgIpc) is 3.45. The largest absolute Gasteiger partial charge is 0.507 e. The highest BCUT2D eigenvalue weighted by Crippen LogP contribution is 2.44. The van der Waals surface area contributed by atoms with E-state index >= 15 is 0 Å². The van der Waals surface area contributed by atoms with Crippen LogP contribution in [0, 0.1) is 17.3 Å². The topological polar surface area (TPSA) is 224 Å². The maximum atomic E-state index is 13.3. The van der Waals surface area contributed by atoms with Gasteiger partial charge in [0.25, 0.3) is 5.91 Å². The minimum atomic E-state index is -2.34. The number of ether oxygens (including phenoxy) is 3. The summed E-state index contributed by atoms with van der Waals surface area (Å²) in [5.41, 5.74) is -0.119. The SMILES string of the molecule is CC=CC=C[C@@H]1O[C@](O)([C@H](CC)C(=O)NCC=CC=C(C)[C@@H](OC)[C@@H](C)[C@@H]2O[C@H](C=CC=CC=C(C)C(O)=C3C(=O)CCNC3=O)[C@H](O)[C@@H]2O)[C@H](O)[C@H](O)C1(C)C. The fraction of sp³-hybridized carbons (Fsp3) is 0.558. The molecule has 11 atom stereocenters. The van der Waals surface area contributed by atoms with E-state index in [1.807, 2.05) is 26.8 Å². The van der Waals surface area contributed by atoms with Crippen molar-refractivity contribution >= 4 is 17.6 Å². The van der Waals surface area contributed by atoms with E-state index in [0.29, 0.717) is 5.57 Å². The van der Waals surface area contributed by atoms with Crippen molar-refractivity contribution in [1.29, 1.82) is 0 Å². The summed E-state index contributed by atoms with van der Waals surface area (Å²) in [6, 6.07) is 0. The Hall–Kier alpha value is -3.99. The van der Waals surface area contributed by atoms with Gasteiger partial charge in [-0.1, -0.05) is 101 Å². The number of methoxy groups -OCH3 is 1. The highest BCUT2D eigenvalue weighted by atomic mass is 16.7. The fourth-order valence-corrected chi connectivity index (χ4v) is 7.30. The summed E-state index contributed by atoms with van der Waals surface area (Å²) in [5.74, 6) is -5.91. The predicted octanol–water partition coefficient (Wildman–Crippen LogP) is 2.70. The first-order chi connectivity index (χ1) is 26.9. The van der Waals surface area contributed by atoms with Crippen molar-refractivity contribution in [3.8, 4) is 0 Å². The third-order valence-corrected chi connectivity index (χ3v) is 10.9. The van der Waals surface area contributed by atoms with Crippen LogP contribution in [0.3, 0.4) is 0 Å². The lowest BCUT2D eigenvalue weighted by atomic mass is 9.71. The van der Waals surface area contributed by atoms with Crippen LogP contribution in [-0.2, 0) is 28.6 Å². The smallest absolute Gasteiger partial charge is 0.258 e. The van der Waals surface area contributed by atoms with Crippen LogP contribution in [0.1, 0.15) is 61.3 Å². The Kier molecular flexibility index (Phi) is 17.6. The molecule has 0 aromatic heterocycles. The maximum Gasteiger partial charge on any atom is 0.258 e. The van der Waals surface area contributed by atoms with E-state index < -0.39 is 89.5 Å². The van der Waals surface area contributed by atoms with Crippen LogP contribution in [-0.4, -0.2) is 123 Å². The zero-order valence-electron chi connectivity index (χ0n) is 34.2. The Labute approximate surface area is 335 Å². The van der Waals surface area contributed by atoms with Gasteiger partial charge in [-0.15, -0.1) is 0 Å². The number of ketones is 1. The highest BCUT2D eigenvalue weighted by Gasteiger charge is 2.60. The molecule has 0 aromatic carbocycles. The molecule has 0 bridgehead atoms. The molecule has 0 aromatic rings. The quantitative estimate of drug-likeness (QED) is 0.0489. The lowest BCUT2D eigenvalue weighted by Gasteiger charge is -2.53. The molecule has 3 aliphatic rings. The number of carbonyl (C=O) groups is 3. The van der Waals surface area contributed by atoms with Gasteiger partial charge in [-0.2, -0.15) is 0 Å². The van der Waals surface area contributed by atoms with Crippen molar-refractivity contribution in [2.45, 2.75) is 116 Å². The lowest BCUT2D eigenvalue weighted by Crippen LogP contribution is -2.69. The number of amides is 2. The van der Waals surface area contributed by atoms with Gasteiger partial charge in [-0.3, -0.25) is 14.4 Å². The van der Waals surface area contributed by atoms with Crippen LogP contribution in [0.25, 0.3) is 0 Å². The summed E-state index contributed by atoms with van der Waals surface area (Å²) in [6.07, 6.45) is 11.9. The van der Waals surface area contributed by atoms with Crippen molar-refractivity contribution < 1.29 is 59.2 Å². The zero-order chi connectivity index (χ0) is 42.7. The number of aliphatic hydroxyl groups excluding tert-OH is 5. The Morgan fingerprint density at radius 2 is 1.68 bits per heavy atom. The summed E-state index contributed by atoms with van der Waals surface area (Å²) in [7, 11) is 1.53. The van der Waals surface area contributed by atoms with Gasteiger partial charge >= 0.3 is 0 Å². The minimum absolute atomic E-state index is 0.0847. The molecule has 0 aliphatic carbocycles. The molecule has 316 valence electrons. The summed E-state index contributed by atoms with van der Waals surface area (Å²) in [5, 5.41) is 70.9. The summed E-state index contributed by atoms with van der Waals surface area (Å²) >= 11 is 0. The van der Waals surface area contributed by atoms with Crippen LogP contribution in [0.15, 0.2) is 95.4 Å². The number of aliphatic hydroxyl groups is 6. The van der Waals surface area contributed by atoms with Crippen LogP contribution in [0.2, 0.25) is 0 Å². The zero-order valence-corrected chi connectivity index (χ0v) is 34.2. The van der Waals surface area contributed by atoms with Gasteiger partial charge in [0.2, 0.25) is 11.7 Å².